The number of alkyl halides is 2. The number of hydrogen-bond acceptors (Lipinski definition) is 4. The Hall–Kier alpha value is -2.23. The quantitative estimate of drug-likeness (QED) is 0.514. The summed E-state index contributed by atoms with van der Waals surface area (Å²) in [4.78, 5) is 21.9. The van der Waals surface area contributed by atoms with Crippen molar-refractivity contribution in [3.63, 3.8) is 0 Å². The van der Waals surface area contributed by atoms with Crippen molar-refractivity contribution < 1.29 is 32.0 Å². The summed E-state index contributed by atoms with van der Waals surface area (Å²) in [7, 11) is 0. The minimum atomic E-state index is -2.79. The van der Waals surface area contributed by atoms with E-state index < -0.39 is 63.9 Å². The molecule has 1 aromatic rings. The van der Waals surface area contributed by atoms with Crippen LogP contribution < -0.4 is 5.32 Å². The number of nitro benzene ring substituents is 1. The molecule has 130 valence electrons. The highest BCUT2D eigenvalue weighted by atomic mass is 19.2. The van der Waals surface area contributed by atoms with Gasteiger partial charge in [0, 0.05) is 24.0 Å². The van der Waals surface area contributed by atoms with Crippen LogP contribution in [0.2, 0.25) is 0 Å². The van der Waals surface area contributed by atoms with E-state index in [1.807, 2.05) is 0 Å². The molecule has 1 aromatic carbocycles. The number of benzene rings is 1. The number of nitrogens with one attached hydrogen (secondary N) is 1. The molecule has 1 unspecified atom stereocenters. The zero-order valence-corrected chi connectivity index (χ0v) is 12.2. The molecule has 2 heterocycles. The van der Waals surface area contributed by atoms with E-state index in [0.717, 1.165) is 6.07 Å². The lowest BCUT2D eigenvalue weighted by atomic mass is 9.71. The van der Waals surface area contributed by atoms with E-state index >= 15 is 0 Å². The second kappa shape index (κ2) is 5.40. The molecule has 2 aliphatic rings. The molecule has 1 amide bonds. The Morgan fingerprint density at radius 1 is 1.42 bits per heavy atom. The second-order valence-corrected chi connectivity index (χ2v) is 5.99. The van der Waals surface area contributed by atoms with Crippen molar-refractivity contribution in [1.82, 2.24) is 5.32 Å². The van der Waals surface area contributed by atoms with Gasteiger partial charge >= 0.3 is 0 Å². The molecule has 3 rings (SSSR count). The number of nitrogens with zero attached hydrogens (tertiary/aromatic N) is 1. The van der Waals surface area contributed by atoms with Gasteiger partial charge in [0.25, 0.3) is 11.6 Å². The molecule has 2 aliphatic heterocycles. The predicted octanol–water partition coefficient (Wildman–Crippen LogP) is 1.91. The van der Waals surface area contributed by atoms with Gasteiger partial charge in [-0.3, -0.25) is 14.9 Å². The van der Waals surface area contributed by atoms with E-state index in [4.69, 9.17) is 4.74 Å². The van der Waals surface area contributed by atoms with Crippen LogP contribution in [0, 0.1) is 27.7 Å². The molecule has 1 N–H and O–H groups in total. The lowest BCUT2D eigenvalue weighted by molar-refractivity contribution is -0.385. The van der Waals surface area contributed by atoms with Crippen molar-refractivity contribution in [3.05, 3.63) is 39.4 Å². The standard InChI is InChI=1S/C14H12F4N2O4/c15-5-13(18)3-7-4-24-6-14(7,19-12(13)21)9-1-8(20(22)23)2-10(16)11(9)17/h1-2,7H,3-6H2,(H,19,21)/t7-,13?,14+/m1/s1. The summed E-state index contributed by atoms with van der Waals surface area (Å²) < 4.78 is 60.4. The van der Waals surface area contributed by atoms with Crippen molar-refractivity contribution in [2.24, 2.45) is 5.92 Å². The molecular weight excluding hydrogens is 336 g/mol. The fraction of sp³-hybridized carbons (Fsp3) is 0.500. The van der Waals surface area contributed by atoms with Crippen molar-refractivity contribution in [3.8, 4) is 0 Å². The normalized spacial score (nSPS) is 32.3. The molecule has 0 saturated carbocycles. The van der Waals surface area contributed by atoms with Crippen LogP contribution in [-0.4, -0.2) is 36.4 Å². The third kappa shape index (κ3) is 2.24. The van der Waals surface area contributed by atoms with E-state index in [1.165, 1.54) is 0 Å². The van der Waals surface area contributed by atoms with Crippen LogP contribution in [-0.2, 0) is 15.1 Å². The first-order valence-electron chi connectivity index (χ1n) is 7.02. The number of carbonyl (C=O) groups excluding carboxylic acids is 1. The Bertz CT molecular complexity index is 731. The Labute approximate surface area is 132 Å². The van der Waals surface area contributed by atoms with Crippen molar-refractivity contribution in [1.29, 1.82) is 0 Å². The Morgan fingerprint density at radius 3 is 2.75 bits per heavy atom. The summed E-state index contributed by atoms with van der Waals surface area (Å²) >= 11 is 0. The third-order valence-electron chi connectivity index (χ3n) is 4.58. The number of carbonyl (C=O) groups is 1. The summed E-state index contributed by atoms with van der Waals surface area (Å²) in [6.45, 7) is -2.03. The van der Waals surface area contributed by atoms with E-state index in [1.54, 1.807) is 0 Å². The van der Waals surface area contributed by atoms with Gasteiger partial charge in [-0.25, -0.2) is 17.6 Å². The lowest BCUT2D eigenvalue weighted by Crippen LogP contribution is -2.64. The summed E-state index contributed by atoms with van der Waals surface area (Å²) in [5.74, 6) is -5.09. The zero-order chi connectivity index (χ0) is 17.7. The number of halogens is 4. The molecule has 2 saturated heterocycles. The van der Waals surface area contributed by atoms with Crippen molar-refractivity contribution >= 4 is 11.6 Å². The lowest BCUT2D eigenvalue weighted by Gasteiger charge is -2.43. The van der Waals surface area contributed by atoms with Crippen molar-refractivity contribution in [2.45, 2.75) is 17.6 Å². The highest BCUT2D eigenvalue weighted by Crippen LogP contribution is 2.46. The van der Waals surface area contributed by atoms with Gasteiger partial charge in [0.05, 0.1) is 29.7 Å². The summed E-state index contributed by atoms with van der Waals surface area (Å²) in [5, 5.41) is 13.1. The van der Waals surface area contributed by atoms with Crippen LogP contribution in [0.4, 0.5) is 23.2 Å². The van der Waals surface area contributed by atoms with Crippen LogP contribution in [0.1, 0.15) is 12.0 Å². The third-order valence-corrected chi connectivity index (χ3v) is 4.58. The molecule has 0 spiro atoms. The number of fused-ring (bicyclic) bond motifs is 1. The maximum absolute atomic E-state index is 14.3. The van der Waals surface area contributed by atoms with Gasteiger partial charge in [-0.15, -0.1) is 0 Å². The van der Waals surface area contributed by atoms with Crippen LogP contribution >= 0.6 is 0 Å². The molecule has 24 heavy (non-hydrogen) atoms. The Balaban J connectivity index is 2.14. The monoisotopic (exact) mass is 348 g/mol. The van der Waals surface area contributed by atoms with E-state index in [2.05, 4.69) is 5.32 Å². The maximum atomic E-state index is 14.3. The first kappa shape index (κ1) is 16.6. The second-order valence-electron chi connectivity index (χ2n) is 5.99. The molecule has 2 fully saturated rings. The van der Waals surface area contributed by atoms with Crippen LogP contribution in [0.25, 0.3) is 0 Å². The molecular formula is C14H12F4N2O4. The molecule has 3 atom stereocenters. The number of non-ortho nitro benzene ring substituents is 1. The fourth-order valence-electron chi connectivity index (χ4n) is 3.28. The highest BCUT2D eigenvalue weighted by Gasteiger charge is 2.59. The van der Waals surface area contributed by atoms with Gasteiger partial charge < -0.3 is 10.1 Å². The van der Waals surface area contributed by atoms with Crippen LogP contribution in [0.5, 0.6) is 0 Å². The van der Waals surface area contributed by atoms with Gasteiger partial charge in [-0.2, -0.15) is 0 Å². The summed E-state index contributed by atoms with van der Waals surface area (Å²) in [6.07, 6.45) is -0.598. The fourth-order valence-corrected chi connectivity index (χ4v) is 3.28. The maximum Gasteiger partial charge on any atom is 0.272 e. The smallest absolute Gasteiger partial charge is 0.272 e. The van der Waals surface area contributed by atoms with Gasteiger partial charge in [-0.1, -0.05) is 0 Å². The number of rotatable bonds is 3. The average molecular weight is 348 g/mol. The van der Waals surface area contributed by atoms with Crippen molar-refractivity contribution in [2.75, 3.05) is 19.9 Å². The Morgan fingerprint density at radius 2 is 2.12 bits per heavy atom. The number of amides is 1. The van der Waals surface area contributed by atoms with Gasteiger partial charge in [-0.05, 0) is 0 Å². The molecule has 0 bridgehead atoms. The van der Waals surface area contributed by atoms with E-state index in [0.29, 0.717) is 6.07 Å². The minimum Gasteiger partial charge on any atom is -0.378 e. The highest BCUT2D eigenvalue weighted by molar-refractivity contribution is 5.87. The van der Waals surface area contributed by atoms with Gasteiger partial charge in [0.15, 0.2) is 11.6 Å². The first-order chi connectivity index (χ1) is 11.2. The predicted molar refractivity (Wildman–Crippen MR) is 71.6 cm³/mol. The molecule has 6 nitrogen and oxygen atoms in total. The first-order valence-corrected chi connectivity index (χ1v) is 7.02. The molecule has 0 aromatic heterocycles. The van der Waals surface area contributed by atoms with E-state index in [-0.39, 0.29) is 13.2 Å². The number of piperidine rings is 1. The largest absolute Gasteiger partial charge is 0.378 e. The van der Waals surface area contributed by atoms with Gasteiger partial charge in [0.2, 0.25) is 5.67 Å². The summed E-state index contributed by atoms with van der Waals surface area (Å²) in [5.41, 5.74) is -5.71. The van der Waals surface area contributed by atoms with Crippen LogP contribution in [0.15, 0.2) is 12.1 Å². The van der Waals surface area contributed by atoms with Crippen LogP contribution in [0.3, 0.4) is 0 Å². The average Bonchev–Trinajstić information content (AvgIpc) is 2.93. The molecule has 10 heteroatoms. The topological polar surface area (TPSA) is 81.5 Å². The number of ether oxygens (including phenoxy) is 1. The van der Waals surface area contributed by atoms with E-state index in [9.17, 15) is 32.5 Å². The number of nitro groups is 1. The summed E-state index contributed by atoms with van der Waals surface area (Å²) in [6, 6.07) is 1.19. The minimum absolute atomic E-state index is 0.129. The molecule has 0 radical (unpaired) electrons. The number of hydrogen-bond donors (Lipinski definition) is 1. The zero-order valence-electron chi connectivity index (χ0n) is 12.2. The van der Waals surface area contributed by atoms with Gasteiger partial charge in [0.1, 0.15) is 6.67 Å². The molecule has 0 aliphatic carbocycles. The Kier molecular flexibility index (Phi) is 3.74. The SMILES string of the molecule is O=C1N[C@@]2(c3cc([N+](=O)[O-])cc(F)c3F)COC[C@H]2CC1(F)CF.